The van der Waals surface area contributed by atoms with Gasteiger partial charge in [-0.15, -0.1) is 0 Å². The first-order valence-corrected chi connectivity index (χ1v) is 4.84. The Morgan fingerprint density at radius 2 is 2.36 bits per heavy atom. The van der Waals surface area contributed by atoms with Crippen LogP contribution in [0.3, 0.4) is 0 Å². The maximum atomic E-state index is 11.7. The molecule has 0 saturated carbocycles. The van der Waals surface area contributed by atoms with Crippen LogP contribution in [0.25, 0.3) is 0 Å². The molecule has 0 saturated heterocycles. The van der Waals surface area contributed by atoms with E-state index in [0.717, 1.165) is 19.4 Å². The van der Waals surface area contributed by atoms with Gasteiger partial charge < -0.3 is 15.6 Å². The average molecular weight is 195 g/mol. The number of unbranched alkanes of at least 4 members (excludes halogenated alkanes) is 1. The van der Waals surface area contributed by atoms with Crippen molar-refractivity contribution >= 4 is 11.6 Å². The van der Waals surface area contributed by atoms with E-state index in [1.54, 1.807) is 24.2 Å². The molecule has 0 aliphatic rings. The second-order valence-corrected chi connectivity index (χ2v) is 3.43. The fraction of sp³-hybridized carbons (Fsp3) is 0.500. The summed E-state index contributed by atoms with van der Waals surface area (Å²) in [5, 5.41) is 0. The molecule has 1 aromatic rings. The van der Waals surface area contributed by atoms with Gasteiger partial charge in [0.25, 0.3) is 5.91 Å². The quantitative estimate of drug-likeness (QED) is 0.764. The molecule has 3 N–H and O–H groups in total. The molecule has 78 valence electrons. The lowest BCUT2D eigenvalue weighted by Gasteiger charge is -2.15. The summed E-state index contributed by atoms with van der Waals surface area (Å²) < 4.78 is 0. The van der Waals surface area contributed by atoms with Gasteiger partial charge in [0.1, 0.15) is 5.69 Å². The molecule has 14 heavy (non-hydrogen) atoms. The molecule has 0 unspecified atom stereocenters. The topological polar surface area (TPSA) is 62.1 Å². The first-order valence-electron chi connectivity index (χ1n) is 4.84. The SMILES string of the molecule is CCCCN(C)C(=O)c1cc(N)c[nH]1. The lowest BCUT2D eigenvalue weighted by atomic mass is 10.3. The Morgan fingerprint density at radius 3 is 2.86 bits per heavy atom. The second-order valence-electron chi connectivity index (χ2n) is 3.43. The van der Waals surface area contributed by atoms with Crippen LogP contribution < -0.4 is 5.73 Å². The predicted octanol–water partition coefficient (Wildman–Crippen LogP) is 1.47. The second kappa shape index (κ2) is 4.69. The summed E-state index contributed by atoms with van der Waals surface area (Å²) in [6, 6.07) is 1.66. The van der Waals surface area contributed by atoms with E-state index in [1.165, 1.54) is 0 Å². The number of nitrogens with zero attached hydrogens (tertiary/aromatic N) is 1. The van der Waals surface area contributed by atoms with Gasteiger partial charge in [-0.1, -0.05) is 13.3 Å². The number of hydrogen-bond donors (Lipinski definition) is 2. The van der Waals surface area contributed by atoms with Crippen LogP contribution in [-0.2, 0) is 0 Å². The largest absolute Gasteiger partial charge is 0.397 e. The predicted molar refractivity (Wildman–Crippen MR) is 57.1 cm³/mol. The van der Waals surface area contributed by atoms with Gasteiger partial charge >= 0.3 is 0 Å². The number of carbonyl (C=O) groups is 1. The Kier molecular flexibility index (Phi) is 3.56. The number of anilines is 1. The van der Waals surface area contributed by atoms with Crippen molar-refractivity contribution in [3.8, 4) is 0 Å². The molecule has 4 heteroatoms. The standard InChI is InChI=1S/C10H17N3O/c1-3-4-5-13(2)10(14)9-6-8(11)7-12-9/h6-7,12H,3-5,11H2,1-2H3. The van der Waals surface area contributed by atoms with Crippen LogP contribution in [0.2, 0.25) is 0 Å². The van der Waals surface area contributed by atoms with Gasteiger partial charge in [-0.25, -0.2) is 0 Å². The Hall–Kier alpha value is -1.45. The van der Waals surface area contributed by atoms with Crippen LogP contribution in [0.4, 0.5) is 5.69 Å². The zero-order valence-electron chi connectivity index (χ0n) is 8.71. The van der Waals surface area contributed by atoms with Crippen LogP contribution in [0.5, 0.6) is 0 Å². The number of hydrogen-bond acceptors (Lipinski definition) is 2. The van der Waals surface area contributed by atoms with Gasteiger partial charge in [-0.05, 0) is 12.5 Å². The summed E-state index contributed by atoms with van der Waals surface area (Å²) >= 11 is 0. The van der Waals surface area contributed by atoms with Crippen molar-refractivity contribution in [2.45, 2.75) is 19.8 Å². The minimum absolute atomic E-state index is 0.00449. The van der Waals surface area contributed by atoms with Crippen molar-refractivity contribution < 1.29 is 4.79 Å². The normalized spacial score (nSPS) is 10.1. The molecule has 1 heterocycles. The summed E-state index contributed by atoms with van der Waals surface area (Å²) in [5.41, 5.74) is 6.67. The van der Waals surface area contributed by atoms with Gasteiger partial charge in [-0.2, -0.15) is 0 Å². The molecule has 0 spiro atoms. The average Bonchev–Trinajstić information content (AvgIpc) is 2.60. The number of H-pyrrole nitrogens is 1. The summed E-state index contributed by atoms with van der Waals surface area (Å²) in [6.07, 6.45) is 3.74. The number of rotatable bonds is 4. The Morgan fingerprint density at radius 1 is 1.64 bits per heavy atom. The van der Waals surface area contributed by atoms with E-state index in [2.05, 4.69) is 11.9 Å². The van der Waals surface area contributed by atoms with Crippen molar-refractivity contribution in [1.29, 1.82) is 0 Å². The van der Waals surface area contributed by atoms with Gasteiger partial charge in [0.05, 0.1) is 0 Å². The molecule has 1 aromatic heterocycles. The fourth-order valence-corrected chi connectivity index (χ4v) is 1.24. The molecule has 1 amide bonds. The van der Waals surface area contributed by atoms with Crippen molar-refractivity contribution in [3.63, 3.8) is 0 Å². The minimum atomic E-state index is -0.00449. The van der Waals surface area contributed by atoms with E-state index in [-0.39, 0.29) is 5.91 Å². The Balaban J connectivity index is 2.56. The zero-order valence-corrected chi connectivity index (χ0v) is 8.71. The first-order chi connectivity index (χ1) is 6.65. The monoisotopic (exact) mass is 195 g/mol. The third-order valence-corrected chi connectivity index (χ3v) is 2.13. The van der Waals surface area contributed by atoms with Crippen molar-refractivity contribution in [3.05, 3.63) is 18.0 Å². The maximum Gasteiger partial charge on any atom is 0.270 e. The van der Waals surface area contributed by atoms with Crippen LogP contribution in [0, 0.1) is 0 Å². The van der Waals surface area contributed by atoms with Crippen molar-refractivity contribution in [2.75, 3.05) is 19.3 Å². The molecular weight excluding hydrogens is 178 g/mol. The maximum absolute atomic E-state index is 11.7. The number of aromatic amines is 1. The Labute approximate surface area is 84.1 Å². The Bertz CT molecular complexity index is 306. The van der Waals surface area contributed by atoms with Gasteiger partial charge in [0.2, 0.25) is 0 Å². The minimum Gasteiger partial charge on any atom is -0.397 e. The fourth-order valence-electron chi connectivity index (χ4n) is 1.24. The molecule has 0 bridgehead atoms. The molecule has 0 atom stereocenters. The molecule has 0 radical (unpaired) electrons. The van der Waals surface area contributed by atoms with Crippen LogP contribution in [0.1, 0.15) is 30.3 Å². The highest BCUT2D eigenvalue weighted by atomic mass is 16.2. The number of nitrogen functional groups attached to an aromatic ring is 1. The van der Waals surface area contributed by atoms with Gasteiger partial charge in [0, 0.05) is 25.5 Å². The molecule has 0 aliphatic carbocycles. The highest BCUT2D eigenvalue weighted by Crippen LogP contribution is 2.07. The van der Waals surface area contributed by atoms with E-state index in [9.17, 15) is 4.79 Å². The van der Waals surface area contributed by atoms with E-state index in [1.807, 2.05) is 0 Å². The van der Waals surface area contributed by atoms with Crippen LogP contribution >= 0.6 is 0 Å². The van der Waals surface area contributed by atoms with Crippen LogP contribution in [-0.4, -0.2) is 29.4 Å². The summed E-state index contributed by atoms with van der Waals surface area (Å²) in [6.45, 7) is 2.89. The third-order valence-electron chi connectivity index (χ3n) is 2.13. The van der Waals surface area contributed by atoms with Crippen molar-refractivity contribution in [1.82, 2.24) is 9.88 Å². The lowest BCUT2D eigenvalue weighted by molar-refractivity contribution is 0.0788. The number of carbonyl (C=O) groups excluding carboxylic acids is 1. The number of nitrogens with one attached hydrogen (secondary N) is 1. The van der Waals surface area contributed by atoms with Gasteiger partial charge in [-0.3, -0.25) is 4.79 Å². The molecule has 0 aromatic carbocycles. The zero-order chi connectivity index (χ0) is 10.6. The van der Waals surface area contributed by atoms with Crippen molar-refractivity contribution in [2.24, 2.45) is 0 Å². The van der Waals surface area contributed by atoms with Gasteiger partial charge in [0.15, 0.2) is 0 Å². The molecular formula is C10H17N3O. The summed E-state index contributed by atoms with van der Waals surface area (Å²) in [5.74, 6) is -0.00449. The van der Waals surface area contributed by atoms with E-state index < -0.39 is 0 Å². The van der Waals surface area contributed by atoms with E-state index >= 15 is 0 Å². The number of amides is 1. The van der Waals surface area contributed by atoms with E-state index in [4.69, 9.17) is 5.73 Å². The van der Waals surface area contributed by atoms with E-state index in [0.29, 0.717) is 11.4 Å². The highest BCUT2D eigenvalue weighted by Gasteiger charge is 2.12. The number of aromatic nitrogens is 1. The molecule has 0 fully saturated rings. The molecule has 0 aliphatic heterocycles. The number of nitrogens with two attached hydrogens (primary N) is 1. The lowest BCUT2D eigenvalue weighted by Crippen LogP contribution is -2.27. The highest BCUT2D eigenvalue weighted by molar-refractivity contribution is 5.93. The first kappa shape index (κ1) is 10.6. The smallest absolute Gasteiger partial charge is 0.270 e. The summed E-state index contributed by atoms with van der Waals surface area (Å²) in [4.78, 5) is 16.3. The molecule has 4 nitrogen and oxygen atoms in total. The summed E-state index contributed by atoms with van der Waals surface area (Å²) in [7, 11) is 1.80. The third kappa shape index (κ3) is 2.52. The molecule has 1 rings (SSSR count). The van der Waals surface area contributed by atoms with Crippen LogP contribution in [0.15, 0.2) is 12.3 Å².